The number of carboxylic acid groups (broad SMARTS) is 3. The number of hydrogen-bond acceptors (Lipinski definition) is 9. The normalized spacial score (nSPS) is 20.8. The maximum absolute atomic E-state index is 11.9. The number of nitrogens with zero attached hydrogens (tertiary/aromatic N) is 4. The quantitative estimate of drug-likeness (QED) is 0.284. The first-order valence-corrected chi connectivity index (χ1v) is 11.5. The third-order valence-corrected chi connectivity index (χ3v) is 6.23. The number of unbranched alkanes of at least 4 members (excludes halogenated alkanes) is 1. The summed E-state index contributed by atoms with van der Waals surface area (Å²) < 4.78 is 11.9. The zero-order valence-electron chi connectivity index (χ0n) is 18.6. The molecule has 1 aliphatic rings. The Morgan fingerprint density at radius 1 is 0.750 bits per heavy atom. The summed E-state index contributed by atoms with van der Waals surface area (Å²) in [7, 11) is -0.465. The van der Waals surface area contributed by atoms with Crippen molar-refractivity contribution in [2.45, 2.75) is 31.7 Å². The highest BCUT2D eigenvalue weighted by atomic mass is 31.1. The molecule has 0 amide bonds. The molecule has 1 heterocycles. The molecule has 0 radical (unpaired) electrons. The Morgan fingerprint density at radius 3 is 1.38 bits per heavy atom. The average Bonchev–Trinajstić information content (AvgIpc) is 2.70. The number of rotatable bonds is 11. The van der Waals surface area contributed by atoms with E-state index in [2.05, 4.69) is 0 Å². The van der Waals surface area contributed by atoms with Gasteiger partial charge in [-0.25, -0.2) is 0 Å². The van der Waals surface area contributed by atoms with Gasteiger partial charge in [0.25, 0.3) is 0 Å². The summed E-state index contributed by atoms with van der Waals surface area (Å²) in [6.07, 6.45) is 1.70. The largest absolute Gasteiger partial charge is 0.480 e. The van der Waals surface area contributed by atoms with E-state index in [0.29, 0.717) is 19.5 Å². The van der Waals surface area contributed by atoms with Crippen LogP contribution in [0.1, 0.15) is 26.2 Å². The summed E-state index contributed by atoms with van der Waals surface area (Å²) in [5.74, 6) is -3.07. The Kier molecular flexibility index (Phi) is 12.8. The predicted octanol–water partition coefficient (Wildman–Crippen LogP) is -0.410. The highest BCUT2D eigenvalue weighted by Gasteiger charge is 2.35. The van der Waals surface area contributed by atoms with Crippen molar-refractivity contribution in [2.24, 2.45) is 0 Å². The van der Waals surface area contributed by atoms with E-state index in [1.165, 1.54) is 0 Å². The van der Waals surface area contributed by atoms with E-state index in [1.807, 2.05) is 6.92 Å². The second-order valence-electron chi connectivity index (χ2n) is 7.97. The van der Waals surface area contributed by atoms with Gasteiger partial charge in [-0.15, -0.1) is 0 Å². The molecule has 1 fully saturated rings. The number of aliphatic hydroxyl groups is 1. The lowest BCUT2D eigenvalue weighted by Gasteiger charge is -2.38. The van der Waals surface area contributed by atoms with Crippen LogP contribution in [0.4, 0.5) is 0 Å². The molecule has 1 rings (SSSR count). The van der Waals surface area contributed by atoms with Gasteiger partial charge in [-0.3, -0.25) is 38.5 Å². The van der Waals surface area contributed by atoms with Crippen LogP contribution in [-0.2, 0) is 18.9 Å². The summed E-state index contributed by atoms with van der Waals surface area (Å²) in [6, 6.07) is 0. The Morgan fingerprint density at radius 2 is 1.09 bits per heavy atom. The topological polar surface area (TPSA) is 162 Å². The van der Waals surface area contributed by atoms with E-state index in [-0.39, 0.29) is 65.3 Å². The second kappa shape index (κ2) is 14.5. The molecule has 184 valence electrons. The molecule has 0 aromatic rings. The fourth-order valence-corrected chi connectivity index (χ4v) is 4.18. The SMILES string of the molecule is CCCCC(O)(P=O)N1CCN(CC(=O)O)CCN(CC(=O)O)CCN(CC(=O)O)CC1. The lowest BCUT2D eigenvalue weighted by Crippen LogP contribution is -2.53. The van der Waals surface area contributed by atoms with Gasteiger partial charge in [-0.1, -0.05) is 13.3 Å². The van der Waals surface area contributed by atoms with Crippen molar-refractivity contribution in [1.29, 1.82) is 0 Å². The maximum atomic E-state index is 11.9. The van der Waals surface area contributed by atoms with Crippen molar-refractivity contribution < 1.29 is 39.4 Å². The molecule has 12 nitrogen and oxygen atoms in total. The number of carboxylic acids is 3. The van der Waals surface area contributed by atoms with Gasteiger partial charge in [-0.2, -0.15) is 0 Å². The van der Waals surface area contributed by atoms with Crippen LogP contribution in [0.3, 0.4) is 0 Å². The van der Waals surface area contributed by atoms with Gasteiger partial charge in [0.15, 0.2) is 0 Å². The molecule has 0 aromatic heterocycles. The molecule has 0 aliphatic carbocycles. The van der Waals surface area contributed by atoms with Crippen LogP contribution in [0.2, 0.25) is 0 Å². The molecule has 32 heavy (non-hydrogen) atoms. The van der Waals surface area contributed by atoms with Crippen LogP contribution in [0.25, 0.3) is 0 Å². The molecule has 4 N–H and O–H groups in total. The van der Waals surface area contributed by atoms with E-state index in [9.17, 15) is 39.4 Å². The van der Waals surface area contributed by atoms with Crippen LogP contribution in [0, 0.1) is 0 Å². The van der Waals surface area contributed by atoms with E-state index < -0.39 is 31.8 Å². The number of aliphatic carboxylic acids is 3. The molecule has 13 heteroatoms. The molecular formula is C19H35N4O8P. The van der Waals surface area contributed by atoms with E-state index in [0.717, 1.165) is 6.42 Å². The molecule has 1 unspecified atom stereocenters. The van der Waals surface area contributed by atoms with E-state index in [4.69, 9.17) is 0 Å². The summed E-state index contributed by atoms with van der Waals surface area (Å²) >= 11 is 0. The molecule has 0 bridgehead atoms. The van der Waals surface area contributed by atoms with Gasteiger partial charge in [0.2, 0.25) is 13.9 Å². The molecular weight excluding hydrogens is 443 g/mol. The molecule has 1 saturated heterocycles. The Hall–Kier alpha value is -1.69. The molecule has 0 aromatic carbocycles. The second-order valence-corrected chi connectivity index (χ2v) is 8.86. The Labute approximate surface area is 189 Å². The minimum absolute atomic E-state index is 0.225. The standard InChI is InChI=1S/C19H35N4O8P/c1-2-3-4-19(30,32-31)23-11-9-21(14-17(26)27)7-5-20(13-16(24)25)6-8-22(10-12-23)15-18(28)29/h30H,2-15H2,1H3,(H,24,25)(H,26,27)(H,28,29). The predicted molar refractivity (Wildman–Crippen MR) is 116 cm³/mol. The van der Waals surface area contributed by atoms with Crippen molar-refractivity contribution in [2.75, 3.05) is 72.0 Å². The zero-order valence-corrected chi connectivity index (χ0v) is 19.5. The van der Waals surface area contributed by atoms with Gasteiger partial charge >= 0.3 is 17.9 Å². The van der Waals surface area contributed by atoms with Gasteiger partial charge in [0.05, 0.1) is 19.6 Å². The first-order valence-electron chi connectivity index (χ1n) is 10.7. The highest BCUT2D eigenvalue weighted by molar-refractivity contribution is 7.25. The lowest BCUT2D eigenvalue weighted by atomic mass is 10.2. The molecule has 1 aliphatic heterocycles. The summed E-state index contributed by atoms with van der Waals surface area (Å²) in [4.78, 5) is 40.4. The summed E-state index contributed by atoms with van der Waals surface area (Å²) in [5, 5.41) is 38.7. The van der Waals surface area contributed by atoms with Gasteiger partial charge in [0.1, 0.15) is 0 Å². The summed E-state index contributed by atoms with van der Waals surface area (Å²) in [5.41, 5.74) is -1.63. The van der Waals surface area contributed by atoms with Crippen molar-refractivity contribution in [3.8, 4) is 0 Å². The third-order valence-electron chi connectivity index (χ3n) is 5.43. The minimum atomic E-state index is -1.63. The lowest BCUT2D eigenvalue weighted by molar-refractivity contribution is -0.141. The third kappa shape index (κ3) is 10.8. The smallest absolute Gasteiger partial charge is 0.317 e. The minimum Gasteiger partial charge on any atom is -0.480 e. The fourth-order valence-electron chi connectivity index (χ4n) is 3.62. The number of hydrogen-bond donors (Lipinski definition) is 4. The fraction of sp³-hybridized carbons (Fsp3) is 0.842. The van der Waals surface area contributed by atoms with Crippen LogP contribution < -0.4 is 0 Å². The van der Waals surface area contributed by atoms with Crippen LogP contribution in [0.5, 0.6) is 0 Å². The van der Waals surface area contributed by atoms with Crippen molar-refractivity contribution in [1.82, 2.24) is 19.6 Å². The van der Waals surface area contributed by atoms with Crippen molar-refractivity contribution >= 4 is 26.4 Å². The van der Waals surface area contributed by atoms with E-state index >= 15 is 0 Å². The molecule has 0 spiro atoms. The van der Waals surface area contributed by atoms with Crippen molar-refractivity contribution in [3.05, 3.63) is 0 Å². The average molecular weight is 478 g/mol. The Bertz CT molecular complexity index is 608. The van der Waals surface area contributed by atoms with Gasteiger partial charge in [-0.05, 0) is 6.42 Å². The maximum Gasteiger partial charge on any atom is 0.317 e. The highest BCUT2D eigenvalue weighted by Crippen LogP contribution is 2.30. The van der Waals surface area contributed by atoms with Crippen LogP contribution >= 0.6 is 8.46 Å². The van der Waals surface area contributed by atoms with E-state index in [1.54, 1.807) is 19.6 Å². The first-order chi connectivity index (χ1) is 15.1. The van der Waals surface area contributed by atoms with Crippen LogP contribution in [-0.4, -0.2) is 135 Å². The van der Waals surface area contributed by atoms with Crippen molar-refractivity contribution in [3.63, 3.8) is 0 Å². The first kappa shape index (κ1) is 28.3. The van der Waals surface area contributed by atoms with Gasteiger partial charge in [0, 0.05) is 58.8 Å². The monoisotopic (exact) mass is 478 g/mol. The Balaban J connectivity index is 3.11. The van der Waals surface area contributed by atoms with Crippen LogP contribution in [0.15, 0.2) is 0 Å². The van der Waals surface area contributed by atoms with Gasteiger partial charge < -0.3 is 20.4 Å². The number of carbonyl (C=O) groups is 3. The zero-order chi connectivity index (χ0) is 24.1. The molecule has 1 atom stereocenters. The summed E-state index contributed by atoms with van der Waals surface area (Å²) in [6.45, 7) is 3.34. The molecule has 0 saturated carbocycles.